The predicted octanol–water partition coefficient (Wildman–Crippen LogP) is 0.191. The van der Waals surface area contributed by atoms with E-state index in [4.69, 9.17) is 4.74 Å². The number of ether oxygens (including phenoxy) is 1. The normalized spacial score (nSPS) is 19.4. The van der Waals surface area contributed by atoms with Gasteiger partial charge in [0.1, 0.15) is 10.7 Å². The van der Waals surface area contributed by atoms with E-state index in [0.717, 1.165) is 16.4 Å². The number of hydrogen-bond donors (Lipinski definition) is 0. The average Bonchev–Trinajstić information content (AvgIpc) is 2.80. The van der Waals surface area contributed by atoms with Crippen molar-refractivity contribution in [3.8, 4) is 0 Å². The first-order chi connectivity index (χ1) is 15.1. The standard InChI is InChI=1S/C19H29FN4O6S2/c1-3-22(4-2)32(28,29)24-9-7-21(8-10-24)19(25)16-5-6-17(20)18(15-16)31(26,27)23-11-13-30-14-12-23/h5-6,15H,3-4,7-14H2,1-2H3. The lowest BCUT2D eigenvalue weighted by Gasteiger charge is -2.36. The molecule has 2 aliphatic rings. The lowest BCUT2D eigenvalue weighted by molar-refractivity contribution is 0.0693. The van der Waals surface area contributed by atoms with E-state index in [1.54, 1.807) is 13.8 Å². The van der Waals surface area contributed by atoms with E-state index in [-0.39, 0.29) is 58.0 Å². The van der Waals surface area contributed by atoms with Crippen LogP contribution in [0.4, 0.5) is 4.39 Å². The van der Waals surface area contributed by atoms with Crippen LogP contribution in [0.15, 0.2) is 23.1 Å². The van der Waals surface area contributed by atoms with Crippen LogP contribution >= 0.6 is 0 Å². The average molecular weight is 493 g/mol. The van der Waals surface area contributed by atoms with Crippen LogP contribution in [0, 0.1) is 5.82 Å². The molecule has 1 aromatic carbocycles. The molecule has 0 unspecified atom stereocenters. The maximum atomic E-state index is 14.4. The van der Waals surface area contributed by atoms with Gasteiger partial charge in [-0.3, -0.25) is 4.79 Å². The van der Waals surface area contributed by atoms with Gasteiger partial charge in [-0.05, 0) is 18.2 Å². The summed E-state index contributed by atoms with van der Waals surface area (Å²) in [6.07, 6.45) is 0. The first-order valence-corrected chi connectivity index (χ1v) is 13.4. The highest BCUT2D eigenvalue weighted by atomic mass is 32.2. The Bertz CT molecular complexity index is 1030. The maximum absolute atomic E-state index is 14.4. The molecule has 13 heteroatoms. The van der Waals surface area contributed by atoms with E-state index < -0.39 is 36.9 Å². The Balaban J connectivity index is 1.75. The van der Waals surface area contributed by atoms with Crippen LogP contribution in [0.2, 0.25) is 0 Å². The number of morpholine rings is 1. The Morgan fingerprint density at radius 3 is 2.12 bits per heavy atom. The molecule has 2 saturated heterocycles. The molecular formula is C19H29FN4O6S2. The molecule has 2 aliphatic heterocycles. The van der Waals surface area contributed by atoms with Crippen molar-refractivity contribution in [2.75, 3.05) is 65.6 Å². The Hall–Kier alpha value is -1.64. The topological polar surface area (TPSA) is 108 Å². The molecular weight excluding hydrogens is 463 g/mol. The van der Waals surface area contributed by atoms with Gasteiger partial charge in [0.05, 0.1) is 13.2 Å². The number of halogens is 1. The fourth-order valence-electron chi connectivity index (χ4n) is 3.78. The molecule has 0 radical (unpaired) electrons. The zero-order valence-corrected chi connectivity index (χ0v) is 19.9. The molecule has 0 N–H and O–H groups in total. The number of benzene rings is 1. The summed E-state index contributed by atoms with van der Waals surface area (Å²) in [4.78, 5) is 13.9. The van der Waals surface area contributed by atoms with Crippen LogP contribution in [0.25, 0.3) is 0 Å². The van der Waals surface area contributed by atoms with Crippen molar-refractivity contribution in [3.63, 3.8) is 0 Å². The molecule has 0 spiro atoms. The molecule has 0 aromatic heterocycles. The molecule has 1 amide bonds. The molecule has 32 heavy (non-hydrogen) atoms. The Morgan fingerprint density at radius 2 is 1.56 bits per heavy atom. The SMILES string of the molecule is CCN(CC)S(=O)(=O)N1CCN(C(=O)c2ccc(F)c(S(=O)(=O)N3CCOCC3)c2)CC1. The minimum atomic E-state index is -4.11. The summed E-state index contributed by atoms with van der Waals surface area (Å²) in [5, 5.41) is 0. The Morgan fingerprint density at radius 1 is 0.969 bits per heavy atom. The van der Waals surface area contributed by atoms with Crippen LogP contribution in [0.5, 0.6) is 0 Å². The number of nitrogens with zero attached hydrogens (tertiary/aromatic N) is 4. The largest absolute Gasteiger partial charge is 0.379 e. The van der Waals surface area contributed by atoms with Crippen molar-refractivity contribution >= 4 is 26.1 Å². The quantitative estimate of drug-likeness (QED) is 0.538. The second-order valence-corrected chi connectivity index (χ2v) is 11.3. The highest BCUT2D eigenvalue weighted by molar-refractivity contribution is 7.89. The van der Waals surface area contributed by atoms with E-state index in [1.807, 2.05) is 0 Å². The summed E-state index contributed by atoms with van der Waals surface area (Å²) in [6.45, 7) is 5.48. The van der Waals surface area contributed by atoms with Crippen molar-refractivity contribution < 1.29 is 30.8 Å². The van der Waals surface area contributed by atoms with Gasteiger partial charge in [0, 0.05) is 57.9 Å². The third kappa shape index (κ3) is 4.97. The van der Waals surface area contributed by atoms with Crippen LogP contribution in [0.1, 0.15) is 24.2 Å². The van der Waals surface area contributed by atoms with Crippen molar-refractivity contribution in [1.82, 2.24) is 17.8 Å². The first-order valence-electron chi connectivity index (χ1n) is 10.5. The van der Waals surface area contributed by atoms with Crippen molar-refractivity contribution in [2.24, 2.45) is 0 Å². The van der Waals surface area contributed by atoms with Gasteiger partial charge >= 0.3 is 0 Å². The van der Waals surface area contributed by atoms with E-state index >= 15 is 0 Å². The Kier molecular flexibility index (Phi) is 7.89. The molecule has 1 aromatic rings. The third-order valence-electron chi connectivity index (χ3n) is 5.65. The van der Waals surface area contributed by atoms with Crippen molar-refractivity contribution in [3.05, 3.63) is 29.6 Å². The number of rotatable bonds is 7. The molecule has 0 bridgehead atoms. The third-order valence-corrected chi connectivity index (χ3v) is 9.75. The molecule has 2 heterocycles. The van der Waals surface area contributed by atoms with Crippen LogP contribution in [-0.4, -0.2) is 106 Å². The number of piperazine rings is 1. The second kappa shape index (κ2) is 10.1. The van der Waals surface area contributed by atoms with Crippen molar-refractivity contribution in [1.29, 1.82) is 0 Å². The van der Waals surface area contributed by atoms with Crippen LogP contribution < -0.4 is 0 Å². The van der Waals surface area contributed by atoms with E-state index in [0.29, 0.717) is 13.1 Å². The number of carbonyl (C=O) groups excluding carboxylic acids is 1. The number of amides is 1. The number of sulfonamides is 1. The van der Waals surface area contributed by atoms with Gasteiger partial charge in [-0.15, -0.1) is 0 Å². The summed E-state index contributed by atoms with van der Waals surface area (Å²) < 4.78 is 74.4. The highest BCUT2D eigenvalue weighted by Crippen LogP contribution is 2.23. The molecule has 2 fully saturated rings. The predicted molar refractivity (Wildman–Crippen MR) is 115 cm³/mol. The number of carbonyl (C=O) groups is 1. The first kappa shape index (κ1) is 25.0. The lowest BCUT2D eigenvalue weighted by atomic mass is 10.2. The van der Waals surface area contributed by atoms with E-state index in [1.165, 1.54) is 19.6 Å². The Labute approximate surface area is 188 Å². The molecule has 3 rings (SSSR count). The highest BCUT2D eigenvalue weighted by Gasteiger charge is 2.34. The summed E-state index contributed by atoms with van der Waals surface area (Å²) in [5.74, 6) is -1.40. The van der Waals surface area contributed by atoms with Crippen molar-refractivity contribution in [2.45, 2.75) is 18.7 Å². The second-order valence-electron chi connectivity index (χ2n) is 7.44. The van der Waals surface area contributed by atoms with Crippen LogP contribution in [0.3, 0.4) is 0 Å². The van der Waals surface area contributed by atoms with Gasteiger partial charge in [0.15, 0.2) is 0 Å². The minimum absolute atomic E-state index is 0.0401. The number of hydrogen-bond acceptors (Lipinski definition) is 6. The molecule has 180 valence electrons. The molecule has 0 atom stereocenters. The van der Waals surface area contributed by atoms with Gasteiger partial charge in [-0.25, -0.2) is 12.8 Å². The summed E-state index contributed by atoms with van der Waals surface area (Å²) in [7, 11) is -7.71. The minimum Gasteiger partial charge on any atom is -0.379 e. The molecule has 10 nitrogen and oxygen atoms in total. The van der Waals surface area contributed by atoms with Gasteiger partial charge in [0.2, 0.25) is 10.0 Å². The van der Waals surface area contributed by atoms with Gasteiger partial charge in [0.25, 0.3) is 16.1 Å². The molecule has 0 saturated carbocycles. The van der Waals surface area contributed by atoms with E-state index in [9.17, 15) is 26.0 Å². The van der Waals surface area contributed by atoms with Gasteiger partial charge < -0.3 is 9.64 Å². The lowest BCUT2D eigenvalue weighted by Crippen LogP contribution is -2.54. The summed E-state index contributed by atoms with van der Waals surface area (Å²) in [5.41, 5.74) is 0.0401. The summed E-state index contributed by atoms with van der Waals surface area (Å²) in [6, 6.07) is 3.28. The fourth-order valence-corrected chi connectivity index (χ4v) is 6.88. The smallest absolute Gasteiger partial charge is 0.282 e. The van der Waals surface area contributed by atoms with Gasteiger partial charge in [-0.2, -0.15) is 21.3 Å². The monoisotopic (exact) mass is 492 g/mol. The maximum Gasteiger partial charge on any atom is 0.282 e. The fraction of sp³-hybridized carbons (Fsp3) is 0.632. The zero-order chi connectivity index (χ0) is 23.5. The summed E-state index contributed by atoms with van der Waals surface area (Å²) >= 11 is 0. The van der Waals surface area contributed by atoms with Crippen LogP contribution in [-0.2, 0) is 25.0 Å². The van der Waals surface area contributed by atoms with E-state index in [2.05, 4.69) is 0 Å². The zero-order valence-electron chi connectivity index (χ0n) is 18.2. The molecule has 0 aliphatic carbocycles. The van der Waals surface area contributed by atoms with Gasteiger partial charge in [-0.1, -0.05) is 13.8 Å².